The van der Waals surface area contributed by atoms with Crippen LogP contribution in [0.1, 0.15) is 11.1 Å². The van der Waals surface area contributed by atoms with E-state index >= 15 is 0 Å². The monoisotopic (exact) mass is 291 g/mol. The molecule has 0 aliphatic rings. The summed E-state index contributed by atoms with van der Waals surface area (Å²) in [5, 5.41) is 9.50. The molecule has 0 fully saturated rings. The third kappa shape index (κ3) is 3.15. The second-order valence-electron chi connectivity index (χ2n) is 4.96. The van der Waals surface area contributed by atoms with Crippen LogP contribution in [0.25, 0.3) is 11.1 Å². The van der Waals surface area contributed by atoms with Gasteiger partial charge in [-0.1, -0.05) is 48.5 Å². The van der Waals surface area contributed by atoms with E-state index in [1.54, 1.807) is 12.4 Å². The lowest BCUT2D eigenvalue weighted by atomic mass is 10.0. The highest BCUT2D eigenvalue weighted by Gasteiger charge is 2.10. The number of nitrogens with zero attached hydrogens (tertiary/aromatic N) is 1. The molecule has 3 rings (SSSR count). The van der Waals surface area contributed by atoms with Crippen LogP contribution >= 0.6 is 0 Å². The molecule has 0 amide bonds. The highest BCUT2D eigenvalue weighted by atomic mass is 16.5. The summed E-state index contributed by atoms with van der Waals surface area (Å²) >= 11 is 0. The van der Waals surface area contributed by atoms with E-state index in [4.69, 9.17) is 4.74 Å². The standard InChI is InChI=1S/C19H17NO2/c21-13-16-12-20-11-10-17(16)18-8-4-5-9-19(18)22-14-15-6-2-1-3-7-15/h1-12,21H,13-14H2. The molecule has 0 saturated heterocycles. The van der Waals surface area contributed by atoms with E-state index in [0.717, 1.165) is 28.0 Å². The number of aliphatic hydroxyl groups excluding tert-OH is 1. The van der Waals surface area contributed by atoms with Crippen LogP contribution in [0.3, 0.4) is 0 Å². The first-order valence-corrected chi connectivity index (χ1v) is 7.18. The first-order chi connectivity index (χ1) is 10.9. The van der Waals surface area contributed by atoms with Crippen molar-refractivity contribution in [2.24, 2.45) is 0 Å². The van der Waals surface area contributed by atoms with Crippen molar-refractivity contribution in [2.45, 2.75) is 13.2 Å². The summed E-state index contributed by atoms with van der Waals surface area (Å²) in [4.78, 5) is 4.06. The molecule has 1 heterocycles. The molecule has 3 nitrogen and oxygen atoms in total. The van der Waals surface area contributed by atoms with Gasteiger partial charge in [-0.15, -0.1) is 0 Å². The molecule has 0 aliphatic carbocycles. The Kier molecular flexibility index (Phi) is 4.47. The summed E-state index contributed by atoms with van der Waals surface area (Å²) in [5.41, 5.74) is 3.82. The van der Waals surface area contributed by atoms with Gasteiger partial charge >= 0.3 is 0 Å². The van der Waals surface area contributed by atoms with Crippen molar-refractivity contribution in [3.63, 3.8) is 0 Å². The average molecular weight is 291 g/mol. The van der Waals surface area contributed by atoms with Crippen molar-refractivity contribution in [3.8, 4) is 16.9 Å². The zero-order chi connectivity index (χ0) is 15.2. The summed E-state index contributed by atoms with van der Waals surface area (Å²) in [6.45, 7) is 0.466. The number of aliphatic hydroxyl groups is 1. The third-order valence-corrected chi connectivity index (χ3v) is 3.49. The van der Waals surface area contributed by atoms with Gasteiger partial charge in [-0.25, -0.2) is 0 Å². The molecule has 1 aromatic heterocycles. The Balaban J connectivity index is 1.90. The van der Waals surface area contributed by atoms with E-state index in [1.807, 2.05) is 60.7 Å². The maximum atomic E-state index is 9.50. The Morgan fingerprint density at radius 1 is 0.864 bits per heavy atom. The van der Waals surface area contributed by atoms with Crippen LogP contribution in [-0.2, 0) is 13.2 Å². The average Bonchev–Trinajstić information content (AvgIpc) is 2.61. The van der Waals surface area contributed by atoms with Crippen molar-refractivity contribution < 1.29 is 9.84 Å². The molecule has 0 atom stereocenters. The minimum absolute atomic E-state index is 0.0454. The molecule has 0 unspecified atom stereocenters. The number of rotatable bonds is 5. The number of pyridine rings is 1. The number of hydrogen-bond acceptors (Lipinski definition) is 3. The summed E-state index contributed by atoms with van der Waals surface area (Å²) < 4.78 is 5.98. The molecular weight excluding hydrogens is 274 g/mol. The first kappa shape index (κ1) is 14.3. The lowest BCUT2D eigenvalue weighted by Gasteiger charge is -2.13. The van der Waals surface area contributed by atoms with Gasteiger partial charge in [0.2, 0.25) is 0 Å². The van der Waals surface area contributed by atoms with Crippen molar-refractivity contribution in [1.29, 1.82) is 0 Å². The van der Waals surface area contributed by atoms with E-state index < -0.39 is 0 Å². The molecule has 0 bridgehead atoms. The van der Waals surface area contributed by atoms with Crippen LogP contribution in [-0.4, -0.2) is 10.1 Å². The molecule has 1 N–H and O–H groups in total. The number of para-hydroxylation sites is 1. The van der Waals surface area contributed by atoms with E-state index in [0.29, 0.717) is 6.61 Å². The molecule has 0 radical (unpaired) electrons. The number of ether oxygens (including phenoxy) is 1. The van der Waals surface area contributed by atoms with Gasteiger partial charge in [-0.05, 0) is 23.3 Å². The fourth-order valence-corrected chi connectivity index (χ4v) is 2.37. The van der Waals surface area contributed by atoms with Crippen LogP contribution < -0.4 is 4.74 Å². The fraction of sp³-hybridized carbons (Fsp3) is 0.105. The van der Waals surface area contributed by atoms with Gasteiger partial charge in [0, 0.05) is 23.5 Å². The van der Waals surface area contributed by atoms with Gasteiger partial charge in [-0.2, -0.15) is 0 Å². The zero-order valence-corrected chi connectivity index (χ0v) is 12.1. The Morgan fingerprint density at radius 2 is 1.64 bits per heavy atom. The molecule has 0 spiro atoms. The minimum atomic E-state index is -0.0454. The van der Waals surface area contributed by atoms with Crippen molar-refractivity contribution in [3.05, 3.63) is 84.2 Å². The molecule has 2 aromatic carbocycles. The zero-order valence-electron chi connectivity index (χ0n) is 12.1. The Bertz CT molecular complexity index is 741. The smallest absolute Gasteiger partial charge is 0.127 e. The largest absolute Gasteiger partial charge is 0.488 e. The Labute approximate surface area is 129 Å². The van der Waals surface area contributed by atoms with Gasteiger partial charge in [0.15, 0.2) is 0 Å². The molecule has 110 valence electrons. The van der Waals surface area contributed by atoms with E-state index in [2.05, 4.69) is 4.98 Å². The maximum Gasteiger partial charge on any atom is 0.127 e. The minimum Gasteiger partial charge on any atom is -0.488 e. The highest BCUT2D eigenvalue weighted by Crippen LogP contribution is 2.32. The SMILES string of the molecule is OCc1cnccc1-c1ccccc1OCc1ccccc1. The van der Waals surface area contributed by atoms with Crippen LogP contribution in [0.2, 0.25) is 0 Å². The molecule has 22 heavy (non-hydrogen) atoms. The summed E-state index contributed by atoms with van der Waals surface area (Å²) in [5.74, 6) is 0.798. The Hall–Kier alpha value is -2.65. The highest BCUT2D eigenvalue weighted by molar-refractivity contribution is 5.72. The van der Waals surface area contributed by atoms with E-state index in [-0.39, 0.29) is 6.61 Å². The molecule has 0 aliphatic heterocycles. The first-order valence-electron chi connectivity index (χ1n) is 7.18. The third-order valence-electron chi connectivity index (χ3n) is 3.49. The van der Waals surface area contributed by atoms with Gasteiger partial charge in [0.25, 0.3) is 0 Å². The lowest BCUT2D eigenvalue weighted by molar-refractivity contribution is 0.281. The fourth-order valence-electron chi connectivity index (χ4n) is 2.37. The van der Waals surface area contributed by atoms with Crippen LogP contribution in [0.4, 0.5) is 0 Å². The molecule has 3 heteroatoms. The number of benzene rings is 2. The van der Waals surface area contributed by atoms with Gasteiger partial charge in [0.05, 0.1) is 6.61 Å². The van der Waals surface area contributed by atoms with Crippen LogP contribution in [0.5, 0.6) is 5.75 Å². The summed E-state index contributed by atoms with van der Waals surface area (Å²) in [6.07, 6.45) is 3.41. The second-order valence-corrected chi connectivity index (χ2v) is 4.96. The van der Waals surface area contributed by atoms with E-state index in [9.17, 15) is 5.11 Å². The van der Waals surface area contributed by atoms with Gasteiger partial charge in [-0.3, -0.25) is 4.98 Å². The molecule has 0 saturated carbocycles. The van der Waals surface area contributed by atoms with Gasteiger partial charge in [0.1, 0.15) is 12.4 Å². The summed E-state index contributed by atoms with van der Waals surface area (Å²) in [6, 6.07) is 19.8. The normalized spacial score (nSPS) is 10.4. The lowest BCUT2D eigenvalue weighted by Crippen LogP contribution is -1.98. The van der Waals surface area contributed by atoms with Crippen LogP contribution in [0.15, 0.2) is 73.1 Å². The quantitative estimate of drug-likeness (QED) is 0.777. The van der Waals surface area contributed by atoms with Crippen LogP contribution in [0, 0.1) is 0 Å². The number of hydrogen-bond donors (Lipinski definition) is 1. The summed E-state index contributed by atoms with van der Waals surface area (Å²) in [7, 11) is 0. The van der Waals surface area contributed by atoms with Crippen molar-refractivity contribution in [1.82, 2.24) is 4.98 Å². The second kappa shape index (κ2) is 6.87. The predicted octanol–water partition coefficient (Wildman–Crippen LogP) is 3.82. The van der Waals surface area contributed by atoms with Gasteiger partial charge < -0.3 is 9.84 Å². The van der Waals surface area contributed by atoms with E-state index in [1.165, 1.54) is 0 Å². The van der Waals surface area contributed by atoms with Crippen molar-refractivity contribution in [2.75, 3.05) is 0 Å². The maximum absolute atomic E-state index is 9.50. The topological polar surface area (TPSA) is 42.4 Å². The predicted molar refractivity (Wildman–Crippen MR) is 86.4 cm³/mol. The molecule has 3 aromatic rings. The molecular formula is C19H17NO2. The Morgan fingerprint density at radius 3 is 2.45 bits per heavy atom. The number of aromatic nitrogens is 1. The van der Waals surface area contributed by atoms with Crippen molar-refractivity contribution >= 4 is 0 Å².